The summed E-state index contributed by atoms with van der Waals surface area (Å²) < 4.78 is 34.4. The van der Waals surface area contributed by atoms with Gasteiger partial charge in [0.2, 0.25) is 5.91 Å². The van der Waals surface area contributed by atoms with Gasteiger partial charge in [-0.3, -0.25) is 4.79 Å². The predicted molar refractivity (Wildman–Crippen MR) is 424 cm³/mol. The van der Waals surface area contributed by atoms with Crippen molar-refractivity contribution in [2.75, 3.05) is 26.4 Å². The van der Waals surface area contributed by atoms with Crippen LogP contribution in [0.4, 0.5) is 0 Å². The van der Waals surface area contributed by atoms with Crippen molar-refractivity contribution in [2.24, 2.45) is 0 Å². The van der Waals surface area contributed by atoms with E-state index < -0.39 is 131 Å². The van der Waals surface area contributed by atoms with Crippen molar-refractivity contribution >= 4 is 5.91 Å². The van der Waals surface area contributed by atoms with E-state index in [9.17, 15) is 61.0 Å². The Morgan fingerprint density at radius 3 is 1.06 bits per heavy atom. The second kappa shape index (κ2) is 65.4. The molecular weight excluding hydrogens is 1350 g/mol. The van der Waals surface area contributed by atoms with Crippen LogP contribution in [-0.2, 0) is 33.2 Å². The number of amides is 1. The van der Waals surface area contributed by atoms with Crippen LogP contribution in [0.5, 0.6) is 0 Å². The van der Waals surface area contributed by atoms with Gasteiger partial charge in [0, 0.05) is 6.42 Å². The molecule has 1 amide bonds. The third kappa shape index (κ3) is 44.5. The molecule has 19 nitrogen and oxygen atoms in total. The minimum atomic E-state index is -1.99. The highest BCUT2D eigenvalue weighted by Crippen LogP contribution is 2.33. The van der Waals surface area contributed by atoms with Gasteiger partial charge in [-0.15, -0.1) is 0 Å². The van der Waals surface area contributed by atoms with Crippen LogP contribution in [0.3, 0.4) is 0 Å². The van der Waals surface area contributed by atoms with E-state index >= 15 is 0 Å². The first-order valence-corrected chi connectivity index (χ1v) is 41.1. The van der Waals surface area contributed by atoms with E-state index in [1.165, 1.54) is 135 Å². The molecule has 3 fully saturated rings. The first-order valence-electron chi connectivity index (χ1n) is 41.1. The van der Waals surface area contributed by atoms with E-state index in [0.717, 1.165) is 96.3 Å². The number of carbonyl (C=O) groups is 1. The van der Waals surface area contributed by atoms with Gasteiger partial charge in [0.1, 0.15) is 73.2 Å². The fraction of sp³-hybridized carbons (Fsp3) is 0.713. The Hall–Kier alpha value is -4.33. The number of aliphatic hydroxyl groups excluding tert-OH is 11. The molecule has 0 bridgehead atoms. The molecule has 12 N–H and O–H groups in total. The molecular formula is C87H145NO18. The van der Waals surface area contributed by atoms with Gasteiger partial charge in [-0.2, -0.15) is 0 Å². The van der Waals surface area contributed by atoms with Gasteiger partial charge in [0.25, 0.3) is 0 Å². The summed E-state index contributed by atoms with van der Waals surface area (Å²) in [5.41, 5.74) is 0. The quantitative estimate of drug-likeness (QED) is 0.0199. The van der Waals surface area contributed by atoms with Crippen LogP contribution in [0.2, 0.25) is 0 Å². The number of nitrogens with one attached hydrogen (secondary N) is 1. The first kappa shape index (κ1) is 95.9. The lowest BCUT2D eigenvalue weighted by atomic mass is 9.96. The van der Waals surface area contributed by atoms with Crippen LogP contribution in [-0.4, -0.2) is 193 Å². The van der Waals surface area contributed by atoms with Gasteiger partial charge < -0.3 is 89.9 Å². The van der Waals surface area contributed by atoms with Crippen molar-refractivity contribution in [2.45, 2.75) is 369 Å². The van der Waals surface area contributed by atoms with Gasteiger partial charge in [-0.25, -0.2) is 0 Å². The van der Waals surface area contributed by atoms with E-state index in [0.29, 0.717) is 12.8 Å². The summed E-state index contributed by atoms with van der Waals surface area (Å²) in [5.74, 6) is -0.332. The molecule has 0 aromatic heterocycles. The van der Waals surface area contributed by atoms with Crippen molar-refractivity contribution in [3.63, 3.8) is 0 Å². The van der Waals surface area contributed by atoms with Gasteiger partial charge >= 0.3 is 0 Å². The van der Waals surface area contributed by atoms with Crippen LogP contribution >= 0.6 is 0 Å². The maximum atomic E-state index is 13.5. The molecule has 0 aromatic rings. The Bertz CT molecular complexity index is 2490. The molecule has 19 heteroatoms. The largest absolute Gasteiger partial charge is 0.394 e. The zero-order chi connectivity index (χ0) is 76.7. The zero-order valence-electron chi connectivity index (χ0n) is 64.9. The fourth-order valence-corrected chi connectivity index (χ4v) is 12.8. The van der Waals surface area contributed by atoms with Gasteiger partial charge in [-0.1, -0.05) is 295 Å². The molecule has 3 aliphatic rings. The number of hydrogen-bond donors (Lipinski definition) is 12. The fourth-order valence-electron chi connectivity index (χ4n) is 12.8. The first-order chi connectivity index (χ1) is 51.8. The molecule has 0 saturated carbocycles. The van der Waals surface area contributed by atoms with E-state index in [-0.39, 0.29) is 12.3 Å². The van der Waals surface area contributed by atoms with E-state index in [1.54, 1.807) is 6.08 Å². The lowest BCUT2D eigenvalue weighted by Crippen LogP contribution is -2.66. The second-order valence-electron chi connectivity index (χ2n) is 28.5. The monoisotopic (exact) mass is 1490 g/mol. The second-order valence-corrected chi connectivity index (χ2v) is 28.5. The number of hydrogen-bond acceptors (Lipinski definition) is 18. The van der Waals surface area contributed by atoms with Crippen LogP contribution < -0.4 is 5.32 Å². The summed E-state index contributed by atoms with van der Waals surface area (Å²) in [6.45, 7) is 1.58. The van der Waals surface area contributed by atoms with Crippen LogP contribution in [0.1, 0.15) is 264 Å². The van der Waals surface area contributed by atoms with E-state index in [2.05, 4.69) is 153 Å². The SMILES string of the molecule is CC/C=C\C/C=C\C/C=C\C/C=C\C/C=C\C/C=C\C/C=C\C/C=C\C/C=C\C/C=C\CCCCC(=O)NC(COC1OC(CO)C(OC2OC(CO)C(OC3OC(CO)C(O)C(O)C3O)C(O)C2O)C(O)C1O)C(O)/C=C/CC/C=C/CCCCCCCCCCCCCCCCCCCCCCCC. The zero-order valence-corrected chi connectivity index (χ0v) is 64.9. The van der Waals surface area contributed by atoms with E-state index in [4.69, 9.17) is 28.4 Å². The van der Waals surface area contributed by atoms with Crippen LogP contribution in [0.25, 0.3) is 0 Å². The van der Waals surface area contributed by atoms with Crippen molar-refractivity contribution in [1.29, 1.82) is 0 Å². The number of ether oxygens (including phenoxy) is 6. The average molecular weight is 1490 g/mol. The molecule has 3 heterocycles. The summed E-state index contributed by atoms with van der Waals surface area (Å²) in [5, 5.41) is 121. The Labute approximate surface area is 638 Å². The summed E-state index contributed by atoms with van der Waals surface area (Å²) in [6.07, 6.45) is 68.4. The minimum absolute atomic E-state index is 0.170. The summed E-state index contributed by atoms with van der Waals surface area (Å²) in [4.78, 5) is 13.5. The standard InChI is InChI=1S/C87H145NO18/c1-3-5-7-9-11-13-15-17-19-21-23-25-27-29-31-33-34-35-36-37-39-41-43-45-47-49-51-53-55-57-59-61-63-65-75(93)88-70(71(92)64-62-60-58-56-54-52-50-48-46-44-42-40-38-32-30-28-26-24-22-20-18-16-14-12-10-8-6-4-2)69-101-85-81(99)78(96)83(73(67-90)103-85)106-87-82(100)79(97)84(74(68-91)104-87)105-86-80(98)77(95)76(94)72(66-89)102-86/h5,7,11,13,17,19,23,25,29,31,34-35,37,39,43,45,49,51,54-57,62,64,70-74,76-87,89-92,94-100H,3-4,6,8-10,12,14-16,18,20-22,24,26-28,30,32-33,36,38,40-42,44,46-48,50,52-53,58-61,63,65-69H2,1-2H3,(H,88,93)/b7-5-,13-11-,19-17-,25-23-,31-29-,35-34-,39-37-,45-43-,51-49-,56-54+,57-55-,64-62+. The molecule has 0 spiro atoms. The van der Waals surface area contributed by atoms with Crippen molar-refractivity contribution < 1.29 is 89.4 Å². The Kier molecular flexibility index (Phi) is 59.1. The number of carbonyl (C=O) groups excluding carboxylic acids is 1. The lowest BCUT2D eigenvalue weighted by Gasteiger charge is -2.48. The smallest absolute Gasteiger partial charge is 0.220 e. The van der Waals surface area contributed by atoms with Crippen molar-refractivity contribution in [3.8, 4) is 0 Å². The van der Waals surface area contributed by atoms with Gasteiger partial charge in [0.15, 0.2) is 18.9 Å². The molecule has 3 aliphatic heterocycles. The minimum Gasteiger partial charge on any atom is -0.394 e. The number of allylic oxidation sites excluding steroid dienone is 23. The molecule has 606 valence electrons. The number of aliphatic hydroxyl groups is 11. The summed E-state index contributed by atoms with van der Waals surface area (Å²) in [7, 11) is 0. The number of unbranched alkanes of at least 4 members (excludes halogenated alkanes) is 25. The maximum Gasteiger partial charge on any atom is 0.220 e. The van der Waals surface area contributed by atoms with Crippen molar-refractivity contribution in [3.05, 3.63) is 146 Å². The van der Waals surface area contributed by atoms with Crippen LogP contribution in [0.15, 0.2) is 146 Å². The summed E-state index contributed by atoms with van der Waals surface area (Å²) >= 11 is 0. The third-order valence-electron chi connectivity index (χ3n) is 19.4. The third-order valence-corrected chi connectivity index (χ3v) is 19.4. The Balaban J connectivity index is 1.41. The predicted octanol–water partition coefficient (Wildman–Crippen LogP) is 14.2. The highest BCUT2D eigenvalue weighted by Gasteiger charge is 2.54. The maximum absolute atomic E-state index is 13.5. The van der Waals surface area contributed by atoms with Crippen LogP contribution in [0, 0.1) is 0 Å². The molecule has 3 rings (SSSR count). The average Bonchev–Trinajstić information content (AvgIpc) is 0.781. The highest BCUT2D eigenvalue weighted by atomic mass is 16.8. The topological polar surface area (TPSA) is 307 Å². The summed E-state index contributed by atoms with van der Waals surface area (Å²) in [6, 6.07) is -1.03. The lowest BCUT2D eigenvalue weighted by molar-refractivity contribution is -0.379. The molecule has 0 aliphatic carbocycles. The number of rotatable bonds is 63. The Morgan fingerprint density at radius 1 is 0.349 bits per heavy atom. The molecule has 0 aromatic carbocycles. The van der Waals surface area contributed by atoms with E-state index in [1.807, 2.05) is 6.08 Å². The highest BCUT2D eigenvalue weighted by molar-refractivity contribution is 5.76. The normalized spacial score (nSPS) is 26.4. The Morgan fingerprint density at radius 2 is 0.660 bits per heavy atom. The molecule has 17 unspecified atom stereocenters. The van der Waals surface area contributed by atoms with Gasteiger partial charge in [0.05, 0.1) is 38.6 Å². The molecule has 3 saturated heterocycles. The molecule has 0 radical (unpaired) electrons. The van der Waals surface area contributed by atoms with Gasteiger partial charge in [-0.05, 0) is 109 Å². The van der Waals surface area contributed by atoms with Crippen molar-refractivity contribution in [1.82, 2.24) is 5.32 Å². The molecule has 106 heavy (non-hydrogen) atoms. The molecule has 17 atom stereocenters.